The Morgan fingerprint density at radius 1 is 1.35 bits per heavy atom. The summed E-state index contributed by atoms with van der Waals surface area (Å²) in [5, 5.41) is 10.4. The maximum Gasteiger partial charge on any atom is 0.433 e. The smallest absolute Gasteiger partial charge is 0.401 e. The van der Waals surface area contributed by atoms with Gasteiger partial charge in [0.05, 0.1) is 6.07 Å². The number of pyridine rings is 1. The zero-order valence-electron chi connectivity index (χ0n) is 8.74. The minimum atomic E-state index is -0.582. The van der Waals surface area contributed by atoms with Crippen LogP contribution in [0, 0.1) is 10.1 Å². The van der Waals surface area contributed by atoms with Gasteiger partial charge in [0.2, 0.25) is 0 Å². The summed E-state index contributed by atoms with van der Waals surface area (Å²) in [5.41, 5.74) is 6.36. The number of hydrogen-bond acceptors (Lipinski definition) is 5. The Labute approximate surface area is 96.5 Å². The van der Waals surface area contributed by atoms with Gasteiger partial charge in [-0.25, -0.2) is 4.98 Å². The van der Waals surface area contributed by atoms with Crippen molar-refractivity contribution >= 4 is 23.9 Å². The van der Waals surface area contributed by atoms with Gasteiger partial charge in [0.15, 0.2) is 0 Å². The molecule has 0 spiro atoms. The van der Waals surface area contributed by atoms with Crippen molar-refractivity contribution in [2.45, 2.75) is 0 Å². The summed E-state index contributed by atoms with van der Waals surface area (Å²) in [6.07, 6.45) is 4.95. The van der Waals surface area contributed by atoms with E-state index in [9.17, 15) is 10.1 Å². The van der Waals surface area contributed by atoms with Gasteiger partial charge in [0.1, 0.15) is 16.5 Å². The van der Waals surface area contributed by atoms with Crippen LogP contribution < -0.4 is 5.73 Å². The van der Waals surface area contributed by atoms with Crippen LogP contribution in [0.15, 0.2) is 34.9 Å². The van der Waals surface area contributed by atoms with Crippen molar-refractivity contribution in [1.29, 1.82) is 0 Å². The van der Waals surface area contributed by atoms with E-state index in [0.29, 0.717) is 11.6 Å². The van der Waals surface area contributed by atoms with Gasteiger partial charge in [-0.1, -0.05) is 6.08 Å². The van der Waals surface area contributed by atoms with Crippen molar-refractivity contribution in [3.63, 3.8) is 0 Å². The third kappa shape index (κ3) is 2.69. The second-order valence-corrected chi connectivity index (χ2v) is 3.28. The topological polar surface area (TPSA) is 95.2 Å². The Bertz CT molecular complexity index is 575. The summed E-state index contributed by atoms with van der Waals surface area (Å²) in [4.78, 5) is 13.7. The molecule has 0 radical (unpaired) electrons. The average molecular weight is 231 g/mol. The first-order chi connectivity index (χ1) is 8.15. The highest BCUT2D eigenvalue weighted by Gasteiger charge is 2.09. The Morgan fingerprint density at radius 2 is 2.18 bits per heavy atom. The first kappa shape index (κ1) is 10.9. The number of hydrogen-bond donors (Lipinski definition) is 1. The van der Waals surface area contributed by atoms with Crippen molar-refractivity contribution in [2.24, 2.45) is 0 Å². The molecule has 6 heteroatoms. The van der Waals surface area contributed by atoms with Gasteiger partial charge in [0.25, 0.3) is 0 Å². The van der Waals surface area contributed by atoms with Gasteiger partial charge >= 0.3 is 5.88 Å². The van der Waals surface area contributed by atoms with E-state index in [0.717, 1.165) is 5.56 Å². The van der Waals surface area contributed by atoms with Crippen LogP contribution in [0.25, 0.3) is 12.2 Å². The molecule has 0 atom stereocenters. The molecule has 0 aliphatic carbocycles. The highest BCUT2D eigenvalue weighted by atomic mass is 16.6. The predicted molar refractivity (Wildman–Crippen MR) is 62.9 cm³/mol. The molecule has 2 heterocycles. The lowest BCUT2D eigenvalue weighted by molar-refractivity contribution is -0.402. The van der Waals surface area contributed by atoms with Crippen molar-refractivity contribution < 1.29 is 9.34 Å². The van der Waals surface area contributed by atoms with Crippen LogP contribution in [0.1, 0.15) is 11.3 Å². The minimum absolute atomic E-state index is 0.279. The van der Waals surface area contributed by atoms with E-state index in [-0.39, 0.29) is 5.88 Å². The monoisotopic (exact) mass is 231 g/mol. The van der Waals surface area contributed by atoms with E-state index in [1.807, 2.05) is 0 Å². The summed E-state index contributed by atoms with van der Waals surface area (Å²) in [6, 6.07) is 6.29. The Hall–Kier alpha value is -2.63. The van der Waals surface area contributed by atoms with Crippen molar-refractivity contribution in [3.8, 4) is 0 Å². The molecular formula is C11H9N3O3. The number of anilines is 1. The van der Waals surface area contributed by atoms with E-state index in [1.54, 1.807) is 30.5 Å². The third-order valence-electron chi connectivity index (χ3n) is 2.04. The number of rotatable bonds is 3. The van der Waals surface area contributed by atoms with Crippen LogP contribution in [-0.2, 0) is 0 Å². The standard InChI is InChI=1S/C11H9N3O3/c12-10-7-8(5-6-13-10)1-2-9-3-4-11(17-9)14(15)16/h1-7H,(H2,12,13). The molecule has 0 saturated heterocycles. The lowest BCUT2D eigenvalue weighted by atomic mass is 10.2. The number of aromatic nitrogens is 1. The highest BCUT2D eigenvalue weighted by Crippen LogP contribution is 2.17. The number of nitrogens with zero attached hydrogens (tertiary/aromatic N) is 2. The van der Waals surface area contributed by atoms with E-state index in [4.69, 9.17) is 10.2 Å². The fourth-order valence-corrected chi connectivity index (χ4v) is 1.28. The second kappa shape index (κ2) is 4.48. The molecule has 0 fully saturated rings. The fourth-order valence-electron chi connectivity index (χ4n) is 1.28. The van der Waals surface area contributed by atoms with E-state index >= 15 is 0 Å². The SMILES string of the molecule is Nc1cc(C=Cc2ccc([N+](=O)[O-])o2)ccn1. The quantitative estimate of drug-likeness (QED) is 0.646. The molecule has 86 valence electrons. The summed E-state index contributed by atoms with van der Waals surface area (Å²) in [6.45, 7) is 0. The molecular weight excluding hydrogens is 222 g/mol. The molecule has 0 unspecified atom stereocenters. The third-order valence-corrected chi connectivity index (χ3v) is 2.04. The van der Waals surface area contributed by atoms with E-state index in [1.165, 1.54) is 12.1 Å². The zero-order chi connectivity index (χ0) is 12.3. The number of nitro groups is 1. The molecule has 0 aliphatic rings. The largest absolute Gasteiger partial charge is 0.433 e. The maximum absolute atomic E-state index is 10.4. The van der Waals surface area contributed by atoms with Crippen LogP contribution in [0.3, 0.4) is 0 Å². The lowest BCUT2D eigenvalue weighted by Gasteiger charge is -1.93. The number of nitrogens with two attached hydrogens (primary N) is 1. The Balaban J connectivity index is 2.17. The van der Waals surface area contributed by atoms with E-state index in [2.05, 4.69) is 4.98 Å². The first-order valence-electron chi connectivity index (χ1n) is 4.79. The van der Waals surface area contributed by atoms with Crippen molar-refractivity contribution in [3.05, 3.63) is 51.9 Å². The molecule has 0 aromatic carbocycles. The van der Waals surface area contributed by atoms with Crippen LogP contribution in [0.2, 0.25) is 0 Å². The molecule has 0 amide bonds. The summed E-state index contributed by atoms with van der Waals surface area (Å²) in [7, 11) is 0. The average Bonchev–Trinajstić information content (AvgIpc) is 2.75. The normalized spacial score (nSPS) is 10.8. The van der Waals surface area contributed by atoms with Crippen LogP contribution in [-0.4, -0.2) is 9.91 Å². The molecule has 0 aliphatic heterocycles. The zero-order valence-corrected chi connectivity index (χ0v) is 8.74. The molecule has 2 aromatic heterocycles. The minimum Gasteiger partial charge on any atom is -0.401 e. The molecule has 0 saturated carbocycles. The fraction of sp³-hybridized carbons (Fsp3) is 0. The van der Waals surface area contributed by atoms with Crippen LogP contribution >= 0.6 is 0 Å². The lowest BCUT2D eigenvalue weighted by Crippen LogP contribution is -1.88. The Kier molecular flexibility index (Phi) is 2.87. The van der Waals surface area contributed by atoms with Crippen LogP contribution in [0.5, 0.6) is 0 Å². The predicted octanol–water partition coefficient (Wildman–Crippen LogP) is 2.34. The number of furan rings is 1. The molecule has 2 rings (SSSR count). The molecule has 6 nitrogen and oxygen atoms in total. The highest BCUT2D eigenvalue weighted by molar-refractivity contribution is 5.68. The van der Waals surface area contributed by atoms with Crippen LogP contribution in [0.4, 0.5) is 11.7 Å². The van der Waals surface area contributed by atoms with Crippen molar-refractivity contribution in [2.75, 3.05) is 5.73 Å². The first-order valence-corrected chi connectivity index (χ1v) is 4.79. The van der Waals surface area contributed by atoms with Gasteiger partial charge in [0, 0.05) is 6.20 Å². The second-order valence-electron chi connectivity index (χ2n) is 3.28. The molecule has 17 heavy (non-hydrogen) atoms. The number of nitrogen functional groups attached to an aromatic ring is 1. The van der Waals surface area contributed by atoms with E-state index < -0.39 is 4.92 Å². The van der Waals surface area contributed by atoms with Gasteiger partial charge in [-0.15, -0.1) is 0 Å². The Morgan fingerprint density at radius 3 is 2.82 bits per heavy atom. The van der Waals surface area contributed by atoms with Gasteiger partial charge < -0.3 is 10.2 Å². The van der Waals surface area contributed by atoms with Gasteiger partial charge in [-0.05, 0) is 29.8 Å². The molecule has 2 N–H and O–H groups in total. The summed E-state index contributed by atoms with van der Waals surface area (Å²) in [5.74, 6) is 0.545. The van der Waals surface area contributed by atoms with Gasteiger partial charge in [-0.2, -0.15) is 0 Å². The summed E-state index contributed by atoms with van der Waals surface area (Å²) >= 11 is 0. The van der Waals surface area contributed by atoms with Gasteiger partial charge in [-0.3, -0.25) is 10.1 Å². The summed E-state index contributed by atoms with van der Waals surface area (Å²) < 4.78 is 4.96. The molecule has 0 bridgehead atoms. The molecule has 2 aromatic rings. The maximum atomic E-state index is 10.4. The van der Waals surface area contributed by atoms with Crippen molar-refractivity contribution in [1.82, 2.24) is 4.98 Å².